The zero-order valence-electron chi connectivity index (χ0n) is 12.5. The Labute approximate surface area is 117 Å². The molecule has 19 heavy (non-hydrogen) atoms. The molecule has 0 atom stereocenters. The molecule has 1 aliphatic carbocycles. The van der Waals surface area contributed by atoms with Crippen molar-refractivity contribution in [2.75, 3.05) is 33.2 Å². The van der Waals surface area contributed by atoms with Gasteiger partial charge in [0.15, 0.2) is 0 Å². The molecule has 2 heteroatoms. The number of hydrogen-bond donors (Lipinski definition) is 0. The predicted octanol–water partition coefficient (Wildman–Crippen LogP) is 3.05. The number of rotatable bonds is 3. The molecule has 0 radical (unpaired) electrons. The van der Waals surface area contributed by atoms with Crippen LogP contribution in [0.4, 0.5) is 0 Å². The van der Waals surface area contributed by atoms with Crippen LogP contribution < -0.4 is 0 Å². The molecule has 0 spiro atoms. The molecule has 1 aromatic carbocycles. The third-order valence-corrected chi connectivity index (χ3v) is 4.95. The van der Waals surface area contributed by atoms with Crippen molar-refractivity contribution in [3.63, 3.8) is 0 Å². The smallest absolute Gasteiger partial charge is 0.0463 e. The van der Waals surface area contributed by atoms with E-state index < -0.39 is 0 Å². The summed E-state index contributed by atoms with van der Waals surface area (Å²) >= 11 is 0. The van der Waals surface area contributed by atoms with Gasteiger partial charge in [0.2, 0.25) is 0 Å². The summed E-state index contributed by atoms with van der Waals surface area (Å²) in [6.45, 7) is 9.41. The Kier molecular flexibility index (Phi) is 3.40. The monoisotopic (exact) mass is 258 g/mol. The minimum atomic E-state index is 0.386. The maximum atomic E-state index is 2.72. The molecule has 2 nitrogen and oxygen atoms in total. The third kappa shape index (κ3) is 2.44. The molecule has 1 saturated heterocycles. The number of hydrogen-bond acceptors (Lipinski definition) is 2. The fourth-order valence-electron chi connectivity index (χ4n) is 3.32. The summed E-state index contributed by atoms with van der Waals surface area (Å²) in [6.07, 6.45) is 2.69. The molecular weight excluding hydrogens is 232 g/mol. The Morgan fingerprint density at radius 2 is 1.53 bits per heavy atom. The number of benzene rings is 1. The van der Waals surface area contributed by atoms with Gasteiger partial charge in [-0.2, -0.15) is 0 Å². The Morgan fingerprint density at radius 1 is 0.947 bits per heavy atom. The Balaban J connectivity index is 1.77. The van der Waals surface area contributed by atoms with Crippen molar-refractivity contribution in [3.8, 4) is 0 Å². The van der Waals surface area contributed by atoms with Gasteiger partial charge in [0, 0.05) is 31.7 Å². The first-order chi connectivity index (χ1) is 9.12. The van der Waals surface area contributed by atoms with Crippen molar-refractivity contribution in [1.82, 2.24) is 9.80 Å². The number of nitrogens with zero attached hydrogens (tertiary/aromatic N) is 2. The highest BCUT2D eigenvalue weighted by Gasteiger charge is 2.49. The van der Waals surface area contributed by atoms with Gasteiger partial charge in [0.25, 0.3) is 0 Å². The van der Waals surface area contributed by atoms with Gasteiger partial charge in [0.1, 0.15) is 0 Å². The van der Waals surface area contributed by atoms with Crippen molar-refractivity contribution in [3.05, 3.63) is 35.4 Å². The molecule has 0 bridgehead atoms. The van der Waals surface area contributed by atoms with E-state index >= 15 is 0 Å². The fourth-order valence-corrected chi connectivity index (χ4v) is 3.32. The molecule has 0 unspecified atom stereocenters. The van der Waals surface area contributed by atoms with Crippen LogP contribution in [0.3, 0.4) is 0 Å². The summed E-state index contributed by atoms with van der Waals surface area (Å²) in [4.78, 5) is 5.16. The number of piperazine rings is 1. The highest BCUT2D eigenvalue weighted by molar-refractivity contribution is 5.34. The average molecular weight is 258 g/mol. The van der Waals surface area contributed by atoms with Crippen LogP contribution in [-0.2, 0) is 5.54 Å². The van der Waals surface area contributed by atoms with E-state index in [-0.39, 0.29) is 0 Å². The minimum absolute atomic E-state index is 0.386. The average Bonchev–Trinajstić information content (AvgIpc) is 3.21. The summed E-state index contributed by atoms with van der Waals surface area (Å²) < 4.78 is 0. The van der Waals surface area contributed by atoms with Gasteiger partial charge in [-0.25, -0.2) is 0 Å². The van der Waals surface area contributed by atoms with E-state index in [2.05, 4.69) is 55.0 Å². The molecule has 2 fully saturated rings. The molecule has 1 heterocycles. The van der Waals surface area contributed by atoms with E-state index in [1.807, 2.05) is 0 Å². The highest BCUT2D eigenvalue weighted by atomic mass is 15.3. The van der Waals surface area contributed by atoms with Crippen LogP contribution in [0.2, 0.25) is 0 Å². The van der Waals surface area contributed by atoms with Crippen molar-refractivity contribution in [1.29, 1.82) is 0 Å². The van der Waals surface area contributed by atoms with E-state index in [0.717, 1.165) is 0 Å². The summed E-state index contributed by atoms with van der Waals surface area (Å²) in [5.41, 5.74) is 3.39. The van der Waals surface area contributed by atoms with Crippen LogP contribution in [0.25, 0.3) is 0 Å². The lowest BCUT2D eigenvalue weighted by Crippen LogP contribution is -2.49. The standard InChI is InChI=1S/C17H26N2/c1-14(2)15-4-6-16(7-5-15)17(8-9-17)19-12-10-18(3)11-13-19/h4-7,14H,8-13H2,1-3H3. The topological polar surface area (TPSA) is 6.48 Å². The van der Waals surface area contributed by atoms with Gasteiger partial charge < -0.3 is 4.90 Å². The summed E-state index contributed by atoms with van der Waals surface area (Å²) in [6, 6.07) is 9.41. The van der Waals surface area contributed by atoms with Crippen LogP contribution >= 0.6 is 0 Å². The molecule has 0 amide bonds. The van der Waals surface area contributed by atoms with Gasteiger partial charge in [-0.15, -0.1) is 0 Å². The zero-order chi connectivity index (χ0) is 13.5. The summed E-state index contributed by atoms with van der Waals surface area (Å²) in [5, 5.41) is 0. The predicted molar refractivity (Wildman–Crippen MR) is 80.5 cm³/mol. The van der Waals surface area contributed by atoms with Crippen LogP contribution in [-0.4, -0.2) is 43.0 Å². The molecule has 1 saturated carbocycles. The highest BCUT2D eigenvalue weighted by Crippen LogP contribution is 2.51. The summed E-state index contributed by atoms with van der Waals surface area (Å²) in [7, 11) is 2.23. The Bertz CT molecular complexity index is 423. The second-order valence-electron chi connectivity index (χ2n) is 6.60. The zero-order valence-corrected chi connectivity index (χ0v) is 12.5. The quantitative estimate of drug-likeness (QED) is 0.822. The van der Waals surface area contributed by atoms with Crippen LogP contribution in [0.5, 0.6) is 0 Å². The molecule has 1 aromatic rings. The second-order valence-corrected chi connectivity index (χ2v) is 6.60. The van der Waals surface area contributed by atoms with Gasteiger partial charge >= 0.3 is 0 Å². The van der Waals surface area contributed by atoms with E-state index in [1.54, 1.807) is 5.56 Å². The molecule has 104 valence electrons. The van der Waals surface area contributed by atoms with Crippen molar-refractivity contribution >= 4 is 0 Å². The SMILES string of the molecule is CC(C)c1ccc(C2(N3CCN(C)CC3)CC2)cc1. The first kappa shape index (κ1) is 13.1. The number of likely N-dealkylation sites (N-methyl/N-ethyl adjacent to an activating group) is 1. The second kappa shape index (κ2) is 4.92. The van der Waals surface area contributed by atoms with Crippen molar-refractivity contribution < 1.29 is 0 Å². The first-order valence-corrected chi connectivity index (χ1v) is 7.66. The van der Waals surface area contributed by atoms with Gasteiger partial charge in [-0.3, -0.25) is 4.90 Å². The molecule has 0 N–H and O–H groups in total. The van der Waals surface area contributed by atoms with Crippen molar-refractivity contribution in [2.45, 2.75) is 38.1 Å². The van der Waals surface area contributed by atoms with E-state index in [1.165, 1.54) is 44.6 Å². The van der Waals surface area contributed by atoms with Crippen LogP contribution in [0.1, 0.15) is 43.7 Å². The van der Waals surface area contributed by atoms with E-state index in [9.17, 15) is 0 Å². The summed E-state index contributed by atoms with van der Waals surface area (Å²) in [5.74, 6) is 0.632. The van der Waals surface area contributed by atoms with Gasteiger partial charge in [-0.1, -0.05) is 38.1 Å². The fraction of sp³-hybridized carbons (Fsp3) is 0.647. The van der Waals surface area contributed by atoms with E-state index in [0.29, 0.717) is 11.5 Å². The third-order valence-electron chi connectivity index (χ3n) is 4.95. The Morgan fingerprint density at radius 3 is 2.00 bits per heavy atom. The van der Waals surface area contributed by atoms with Gasteiger partial charge in [0.05, 0.1) is 0 Å². The maximum Gasteiger partial charge on any atom is 0.0463 e. The lowest BCUT2D eigenvalue weighted by Gasteiger charge is -2.38. The van der Waals surface area contributed by atoms with E-state index in [4.69, 9.17) is 0 Å². The normalized spacial score (nSPS) is 23.8. The lowest BCUT2D eigenvalue weighted by atomic mass is 9.96. The minimum Gasteiger partial charge on any atom is -0.304 e. The molecular formula is C17H26N2. The van der Waals surface area contributed by atoms with Crippen molar-refractivity contribution in [2.24, 2.45) is 0 Å². The Hall–Kier alpha value is -0.860. The lowest BCUT2D eigenvalue weighted by molar-refractivity contribution is 0.0976. The van der Waals surface area contributed by atoms with Crippen LogP contribution in [0.15, 0.2) is 24.3 Å². The molecule has 2 aliphatic rings. The molecule has 3 rings (SSSR count). The molecule has 1 aliphatic heterocycles. The van der Waals surface area contributed by atoms with Crippen LogP contribution in [0, 0.1) is 0 Å². The van der Waals surface area contributed by atoms with Gasteiger partial charge in [-0.05, 0) is 36.9 Å². The maximum absolute atomic E-state index is 2.72. The largest absolute Gasteiger partial charge is 0.304 e. The molecule has 0 aromatic heterocycles. The first-order valence-electron chi connectivity index (χ1n) is 7.66.